The van der Waals surface area contributed by atoms with Crippen molar-refractivity contribution >= 4 is 6.08 Å². The molecule has 0 saturated heterocycles. The maximum Gasteiger partial charge on any atom is 0.159 e. The Morgan fingerprint density at radius 3 is 2.50 bits per heavy atom. The van der Waals surface area contributed by atoms with Gasteiger partial charge in [0.1, 0.15) is 0 Å². The van der Waals surface area contributed by atoms with Crippen molar-refractivity contribution in [2.75, 3.05) is 6.54 Å². The molecular formula is C15H19F2N. The van der Waals surface area contributed by atoms with Gasteiger partial charge < -0.3 is 5.73 Å². The summed E-state index contributed by atoms with van der Waals surface area (Å²) in [5, 5.41) is 0. The number of hydrogen-bond acceptors (Lipinski definition) is 1. The largest absolute Gasteiger partial charge is 0.327 e. The molecule has 2 rings (SSSR count). The lowest BCUT2D eigenvalue weighted by Crippen LogP contribution is -2.16. The van der Waals surface area contributed by atoms with E-state index >= 15 is 0 Å². The number of rotatable bonds is 3. The summed E-state index contributed by atoms with van der Waals surface area (Å²) in [6.07, 6.45) is 8.00. The predicted molar refractivity (Wildman–Crippen MR) is 70.0 cm³/mol. The second-order valence-electron chi connectivity index (χ2n) is 4.93. The van der Waals surface area contributed by atoms with Crippen molar-refractivity contribution in [3.8, 4) is 0 Å². The number of halogens is 2. The van der Waals surface area contributed by atoms with Crippen molar-refractivity contribution in [1.29, 1.82) is 0 Å². The third kappa shape index (κ3) is 3.16. The van der Waals surface area contributed by atoms with Gasteiger partial charge in [0.05, 0.1) is 0 Å². The number of benzene rings is 1. The van der Waals surface area contributed by atoms with E-state index in [9.17, 15) is 8.78 Å². The summed E-state index contributed by atoms with van der Waals surface area (Å²) in [6, 6.07) is 3.99. The molecule has 3 heteroatoms. The molecule has 1 fully saturated rings. The molecule has 0 amide bonds. The average Bonchev–Trinajstić information content (AvgIpc) is 2.41. The van der Waals surface area contributed by atoms with Crippen LogP contribution in [0.5, 0.6) is 0 Å². The molecule has 1 saturated carbocycles. The van der Waals surface area contributed by atoms with Gasteiger partial charge in [0.2, 0.25) is 0 Å². The Balaban J connectivity index is 2.19. The van der Waals surface area contributed by atoms with Crippen LogP contribution in [0.3, 0.4) is 0 Å². The van der Waals surface area contributed by atoms with Crippen molar-refractivity contribution in [3.05, 3.63) is 41.0 Å². The third-order valence-electron chi connectivity index (χ3n) is 3.66. The Bertz CT molecular complexity index is 434. The van der Waals surface area contributed by atoms with E-state index in [0.717, 1.165) is 24.5 Å². The fraction of sp³-hybridized carbons (Fsp3) is 0.467. The van der Waals surface area contributed by atoms with Crippen molar-refractivity contribution in [2.45, 2.75) is 32.1 Å². The smallest absolute Gasteiger partial charge is 0.159 e. The van der Waals surface area contributed by atoms with Gasteiger partial charge in [-0.15, -0.1) is 0 Å². The van der Waals surface area contributed by atoms with Crippen LogP contribution >= 0.6 is 0 Å². The van der Waals surface area contributed by atoms with E-state index in [1.54, 1.807) is 6.07 Å². The number of hydrogen-bond donors (Lipinski definition) is 1. The van der Waals surface area contributed by atoms with Gasteiger partial charge in [-0.2, -0.15) is 0 Å². The molecule has 1 nitrogen and oxygen atoms in total. The normalized spacial score (nSPS) is 18.1. The van der Waals surface area contributed by atoms with E-state index in [1.807, 2.05) is 6.08 Å². The van der Waals surface area contributed by atoms with Crippen molar-refractivity contribution in [2.24, 2.45) is 11.7 Å². The summed E-state index contributed by atoms with van der Waals surface area (Å²) in [6.45, 7) is 0.490. The van der Waals surface area contributed by atoms with Crippen LogP contribution in [0.25, 0.3) is 6.08 Å². The highest BCUT2D eigenvalue weighted by atomic mass is 19.2. The maximum atomic E-state index is 13.1. The quantitative estimate of drug-likeness (QED) is 0.866. The highest BCUT2D eigenvalue weighted by Crippen LogP contribution is 2.30. The summed E-state index contributed by atoms with van der Waals surface area (Å²) in [5.74, 6) is -1.10. The van der Waals surface area contributed by atoms with Crippen LogP contribution in [0.15, 0.2) is 23.8 Å². The fourth-order valence-corrected chi connectivity index (χ4v) is 2.63. The lowest BCUT2D eigenvalue weighted by molar-refractivity contribution is 0.401. The van der Waals surface area contributed by atoms with E-state index in [2.05, 4.69) is 0 Å². The summed E-state index contributed by atoms with van der Waals surface area (Å²) >= 11 is 0. The zero-order valence-electron chi connectivity index (χ0n) is 10.5. The lowest BCUT2D eigenvalue weighted by atomic mass is 9.83. The number of nitrogens with two attached hydrogens (primary N) is 1. The minimum Gasteiger partial charge on any atom is -0.327 e. The van der Waals surface area contributed by atoms with Crippen molar-refractivity contribution in [3.63, 3.8) is 0 Å². The Hall–Kier alpha value is -1.22. The molecule has 1 aliphatic rings. The Morgan fingerprint density at radius 1 is 1.17 bits per heavy atom. The standard InChI is InChI=1S/C15H19F2N/c16-14-7-6-11(9-15(14)17)8-13(10-18)12-4-2-1-3-5-12/h6-9,12H,1-5,10,18H2. The second-order valence-corrected chi connectivity index (χ2v) is 4.93. The zero-order chi connectivity index (χ0) is 13.0. The molecule has 0 atom stereocenters. The molecule has 1 aromatic carbocycles. The monoisotopic (exact) mass is 251 g/mol. The zero-order valence-corrected chi connectivity index (χ0v) is 10.5. The molecular weight excluding hydrogens is 232 g/mol. The Labute approximate surface area is 107 Å². The molecule has 0 bridgehead atoms. The molecule has 0 spiro atoms. The van der Waals surface area contributed by atoms with E-state index in [1.165, 1.54) is 25.3 Å². The van der Waals surface area contributed by atoms with Gasteiger partial charge in [-0.3, -0.25) is 0 Å². The van der Waals surface area contributed by atoms with E-state index in [-0.39, 0.29) is 0 Å². The molecule has 0 heterocycles. The predicted octanol–water partition coefficient (Wildman–Crippen LogP) is 3.89. The van der Waals surface area contributed by atoms with Crippen LogP contribution in [0, 0.1) is 17.6 Å². The minimum absolute atomic E-state index is 0.490. The summed E-state index contributed by atoms with van der Waals surface area (Å²) in [7, 11) is 0. The summed E-state index contributed by atoms with van der Waals surface area (Å²) in [5.41, 5.74) is 7.63. The highest BCUT2D eigenvalue weighted by molar-refractivity contribution is 5.54. The van der Waals surface area contributed by atoms with Gasteiger partial charge >= 0.3 is 0 Å². The van der Waals surface area contributed by atoms with Crippen LogP contribution in [0.2, 0.25) is 0 Å². The third-order valence-corrected chi connectivity index (χ3v) is 3.66. The Kier molecular flexibility index (Phi) is 4.48. The highest BCUT2D eigenvalue weighted by Gasteiger charge is 2.16. The maximum absolute atomic E-state index is 13.1. The lowest BCUT2D eigenvalue weighted by Gasteiger charge is -2.23. The second kappa shape index (κ2) is 6.10. The molecule has 18 heavy (non-hydrogen) atoms. The van der Waals surface area contributed by atoms with Crippen LogP contribution < -0.4 is 5.73 Å². The van der Waals surface area contributed by atoms with Gasteiger partial charge in [-0.25, -0.2) is 8.78 Å². The van der Waals surface area contributed by atoms with E-state index in [0.29, 0.717) is 18.0 Å². The van der Waals surface area contributed by atoms with Crippen LogP contribution in [-0.4, -0.2) is 6.54 Å². The Morgan fingerprint density at radius 2 is 1.89 bits per heavy atom. The first-order valence-electron chi connectivity index (χ1n) is 6.56. The summed E-state index contributed by atoms with van der Waals surface area (Å²) in [4.78, 5) is 0. The van der Waals surface area contributed by atoms with Crippen molar-refractivity contribution < 1.29 is 8.78 Å². The van der Waals surface area contributed by atoms with E-state index in [4.69, 9.17) is 5.73 Å². The topological polar surface area (TPSA) is 26.0 Å². The van der Waals surface area contributed by atoms with Gasteiger partial charge in [-0.1, -0.05) is 37.0 Å². The first kappa shape index (κ1) is 13.2. The van der Waals surface area contributed by atoms with Crippen LogP contribution in [-0.2, 0) is 0 Å². The van der Waals surface area contributed by atoms with Gasteiger partial charge in [0, 0.05) is 6.54 Å². The van der Waals surface area contributed by atoms with E-state index < -0.39 is 11.6 Å². The van der Waals surface area contributed by atoms with Crippen LogP contribution in [0.1, 0.15) is 37.7 Å². The molecule has 98 valence electrons. The first-order chi connectivity index (χ1) is 8.70. The van der Waals surface area contributed by atoms with Crippen LogP contribution in [0.4, 0.5) is 8.78 Å². The molecule has 0 aliphatic heterocycles. The SMILES string of the molecule is NCC(=Cc1ccc(F)c(F)c1)C1CCCCC1. The van der Waals surface area contributed by atoms with Gasteiger partial charge in [0.25, 0.3) is 0 Å². The van der Waals surface area contributed by atoms with Crippen molar-refractivity contribution in [1.82, 2.24) is 0 Å². The van der Waals surface area contributed by atoms with Gasteiger partial charge in [-0.05, 0) is 36.5 Å². The summed E-state index contributed by atoms with van der Waals surface area (Å²) < 4.78 is 26.0. The van der Waals surface area contributed by atoms with Gasteiger partial charge in [0.15, 0.2) is 11.6 Å². The minimum atomic E-state index is -0.806. The molecule has 1 aliphatic carbocycles. The fourth-order valence-electron chi connectivity index (χ4n) is 2.63. The average molecular weight is 251 g/mol. The molecule has 0 radical (unpaired) electrons. The molecule has 1 aromatic rings. The molecule has 0 unspecified atom stereocenters. The first-order valence-corrected chi connectivity index (χ1v) is 6.56. The molecule has 0 aromatic heterocycles. The molecule has 2 N–H and O–H groups in total.